The molecule has 2 saturated heterocycles. The first kappa shape index (κ1) is 30.9. The van der Waals surface area contributed by atoms with Crippen LogP contribution in [0.3, 0.4) is 0 Å². The van der Waals surface area contributed by atoms with Crippen molar-refractivity contribution in [2.75, 3.05) is 43.2 Å². The number of rotatable bonds is 12. The highest BCUT2D eigenvalue weighted by Crippen LogP contribution is 2.29. The number of hydrogen-bond acceptors (Lipinski definition) is 8. The van der Waals surface area contributed by atoms with Crippen molar-refractivity contribution in [3.8, 4) is 0 Å². The molecule has 2 aromatic rings. The summed E-state index contributed by atoms with van der Waals surface area (Å²) in [4.78, 5) is 41.7. The molecule has 2 atom stereocenters. The Hall–Kier alpha value is -3.09. The molecule has 2 amide bonds. The van der Waals surface area contributed by atoms with Crippen LogP contribution in [0.2, 0.25) is 5.02 Å². The normalized spacial score (nSPS) is 20.0. The molecule has 0 radical (unpaired) electrons. The van der Waals surface area contributed by atoms with E-state index in [1.165, 1.54) is 4.90 Å². The largest absolute Gasteiger partial charge is 0.462 e. The molecule has 2 aliphatic heterocycles. The third-order valence-electron chi connectivity index (χ3n) is 6.52. The summed E-state index contributed by atoms with van der Waals surface area (Å²) in [6.07, 6.45) is 0.320. The number of nitrogens with one attached hydrogen (secondary N) is 1. The summed E-state index contributed by atoms with van der Waals surface area (Å²) in [7, 11) is 0. The number of carbonyl (C=O) groups excluding carboxylic acids is 3. The van der Waals surface area contributed by atoms with Crippen molar-refractivity contribution in [1.82, 2.24) is 4.90 Å². The minimum atomic E-state index is -0.802. The van der Waals surface area contributed by atoms with E-state index in [-0.39, 0.29) is 30.9 Å². The molecule has 0 bridgehead atoms. The molecular weight excluding hydrogens is 570 g/mol. The molecule has 10 nitrogen and oxygen atoms in total. The van der Waals surface area contributed by atoms with Gasteiger partial charge >= 0.3 is 5.97 Å². The standard InChI is InChI=1S/C29H34ClN3O7S/c1-4-38-27(36)19-6-10-21(11-7-19)31-25(34)16-24-26(35)33(22-12-8-20(30)9-13-22)28(41)32(24)14-5-15-37-17-23-18-39-29(2,3)40-23/h6-13,23-24H,4-5,14-18H2,1-3H3,(H,31,34)/t23-,24-/m0/s1. The van der Waals surface area contributed by atoms with E-state index in [4.69, 9.17) is 42.8 Å². The smallest absolute Gasteiger partial charge is 0.338 e. The topological polar surface area (TPSA) is 107 Å². The Labute approximate surface area is 249 Å². The molecule has 4 rings (SSSR count). The van der Waals surface area contributed by atoms with Crippen molar-refractivity contribution in [2.24, 2.45) is 0 Å². The molecular formula is C29H34ClN3O7S. The van der Waals surface area contributed by atoms with Crippen LogP contribution in [-0.2, 0) is 28.5 Å². The third kappa shape index (κ3) is 8.02. The summed E-state index contributed by atoms with van der Waals surface area (Å²) in [6.45, 7) is 7.41. The zero-order valence-corrected chi connectivity index (χ0v) is 24.8. The van der Waals surface area contributed by atoms with Crippen LogP contribution in [0.1, 0.15) is 44.0 Å². The molecule has 0 saturated carbocycles. The number of carbonyl (C=O) groups is 3. The van der Waals surface area contributed by atoms with Gasteiger partial charge < -0.3 is 29.2 Å². The van der Waals surface area contributed by atoms with E-state index < -0.39 is 17.8 Å². The van der Waals surface area contributed by atoms with Crippen LogP contribution in [0, 0.1) is 0 Å². The summed E-state index contributed by atoms with van der Waals surface area (Å²) in [5, 5.41) is 3.64. The first-order valence-electron chi connectivity index (χ1n) is 13.4. The van der Waals surface area contributed by atoms with Gasteiger partial charge in [-0.1, -0.05) is 11.6 Å². The van der Waals surface area contributed by atoms with Gasteiger partial charge in [0.15, 0.2) is 10.9 Å². The predicted molar refractivity (Wildman–Crippen MR) is 158 cm³/mol. The van der Waals surface area contributed by atoms with Crippen molar-refractivity contribution < 1.29 is 33.3 Å². The van der Waals surface area contributed by atoms with Gasteiger partial charge in [-0.3, -0.25) is 14.5 Å². The molecule has 2 aliphatic rings. The van der Waals surface area contributed by atoms with E-state index in [2.05, 4.69) is 5.32 Å². The third-order valence-corrected chi connectivity index (χ3v) is 7.19. The van der Waals surface area contributed by atoms with Gasteiger partial charge in [0.1, 0.15) is 12.1 Å². The molecule has 0 spiro atoms. The lowest BCUT2D eigenvalue weighted by molar-refractivity contribution is -0.145. The summed E-state index contributed by atoms with van der Waals surface area (Å²) >= 11 is 11.8. The van der Waals surface area contributed by atoms with Crippen LogP contribution >= 0.6 is 23.8 Å². The average Bonchev–Trinajstić information content (AvgIpc) is 3.39. The predicted octanol–water partition coefficient (Wildman–Crippen LogP) is 4.41. The Morgan fingerprint density at radius 1 is 1.15 bits per heavy atom. The highest BCUT2D eigenvalue weighted by Gasteiger charge is 2.44. The molecule has 41 heavy (non-hydrogen) atoms. The van der Waals surface area contributed by atoms with Crippen LogP contribution in [0.15, 0.2) is 48.5 Å². The fourth-order valence-corrected chi connectivity index (χ4v) is 5.14. The molecule has 2 aromatic carbocycles. The van der Waals surface area contributed by atoms with E-state index in [0.717, 1.165) is 0 Å². The Kier molecular flexibility index (Phi) is 10.3. The zero-order valence-electron chi connectivity index (χ0n) is 23.3. The Morgan fingerprint density at radius 3 is 2.49 bits per heavy atom. The summed E-state index contributed by atoms with van der Waals surface area (Å²) in [5.41, 5.74) is 1.44. The molecule has 1 N–H and O–H groups in total. The Balaban J connectivity index is 1.39. The van der Waals surface area contributed by atoms with Crippen molar-refractivity contribution in [2.45, 2.75) is 51.5 Å². The molecule has 220 valence electrons. The number of esters is 1. The Bertz CT molecular complexity index is 1260. The molecule has 0 unspecified atom stereocenters. The van der Waals surface area contributed by atoms with E-state index in [9.17, 15) is 14.4 Å². The first-order valence-corrected chi connectivity index (χ1v) is 14.2. The second kappa shape index (κ2) is 13.7. The van der Waals surface area contributed by atoms with E-state index in [1.807, 2.05) is 13.8 Å². The maximum atomic E-state index is 13.6. The van der Waals surface area contributed by atoms with Gasteiger partial charge in [0.2, 0.25) is 5.91 Å². The maximum absolute atomic E-state index is 13.6. The number of thiocarbonyl (C=S) groups is 1. The summed E-state index contributed by atoms with van der Waals surface area (Å²) in [5.74, 6) is -1.72. The maximum Gasteiger partial charge on any atom is 0.338 e. The lowest BCUT2D eigenvalue weighted by Crippen LogP contribution is -2.39. The molecule has 0 aromatic heterocycles. The number of anilines is 2. The minimum Gasteiger partial charge on any atom is -0.462 e. The number of amides is 2. The van der Waals surface area contributed by atoms with Gasteiger partial charge in [0.05, 0.1) is 37.5 Å². The van der Waals surface area contributed by atoms with Gasteiger partial charge in [0, 0.05) is 23.9 Å². The molecule has 2 fully saturated rings. The SMILES string of the molecule is CCOC(=O)c1ccc(NC(=O)C[C@H]2C(=O)N(c3ccc(Cl)cc3)C(=S)N2CCCOC[C@H]2COC(C)(C)O2)cc1. The second-order valence-electron chi connectivity index (χ2n) is 10.1. The number of halogens is 1. The van der Waals surface area contributed by atoms with Gasteiger partial charge in [-0.15, -0.1) is 0 Å². The zero-order chi connectivity index (χ0) is 29.6. The van der Waals surface area contributed by atoms with Gasteiger partial charge in [-0.2, -0.15) is 0 Å². The minimum absolute atomic E-state index is 0.119. The second-order valence-corrected chi connectivity index (χ2v) is 10.9. The first-order chi connectivity index (χ1) is 19.6. The van der Waals surface area contributed by atoms with E-state index >= 15 is 0 Å². The number of hydrogen-bond donors (Lipinski definition) is 1. The summed E-state index contributed by atoms with van der Waals surface area (Å²) < 4.78 is 22.1. The average molecular weight is 604 g/mol. The molecule has 12 heteroatoms. The van der Waals surface area contributed by atoms with Crippen molar-refractivity contribution in [1.29, 1.82) is 0 Å². The number of nitrogens with zero attached hydrogens (tertiary/aromatic N) is 2. The fourth-order valence-electron chi connectivity index (χ4n) is 4.60. The lowest BCUT2D eigenvalue weighted by Gasteiger charge is -2.24. The fraction of sp³-hybridized carbons (Fsp3) is 0.448. The van der Waals surface area contributed by atoms with Crippen LogP contribution in [0.4, 0.5) is 11.4 Å². The molecule has 2 heterocycles. The highest BCUT2D eigenvalue weighted by molar-refractivity contribution is 7.80. The van der Waals surface area contributed by atoms with E-state index in [1.54, 1.807) is 60.4 Å². The van der Waals surface area contributed by atoms with Gasteiger partial charge in [0.25, 0.3) is 5.91 Å². The van der Waals surface area contributed by atoms with Crippen LogP contribution in [0.5, 0.6) is 0 Å². The number of benzene rings is 2. The van der Waals surface area contributed by atoms with Gasteiger partial charge in [-0.05, 0) is 87.9 Å². The van der Waals surface area contributed by atoms with Crippen LogP contribution < -0.4 is 10.2 Å². The highest BCUT2D eigenvalue weighted by atomic mass is 35.5. The number of ether oxygens (including phenoxy) is 4. The van der Waals surface area contributed by atoms with Gasteiger partial charge in [-0.25, -0.2) is 4.79 Å². The molecule has 0 aliphatic carbocycles. The summed E-state index contributed by atoms with van der Waals surface area (Å²) in [6, 6.07) is 12.4. The monoisotopic (exact) mass is 603 g/mol. The van der Waals surface area contributed by atoms with E-state index in [0.29, 0.717) is 59.9 Å². The quantitative estimate of drug-likeness (QED) is 0.214. The van der Waals surface area contributed by atoms with Crippen molar-refractivity contribution >= 4 is 58.1 Å². The van der Waals surface area contributed by atoms with Crippen molar-refractivity contribution in [3.63, 3.8) is 0 Å². The van der Waals surface area contributed by atoms with Crippen molar-refractivity contribution in [3.05, 3.63) is 59.1 Å². The van der Waals surface area contributed by atoms with Crippen LogP contribution in [-0.4, -0.2) is 78.7 Å². The lowest BCUT2D eigenvalue weighted by atomic mass is 10.1. The Morgan fingerprint density at radius 2 is 1.85 bits per heavy atom. The van der Waals surface area contributed by atoms with Crippen LogP contribution in [0.25, 0.3) is 0 Å².